The number of benzene rings is 2. The Morgan fingerprint density at radius 3 is 2.44 bits per heavy atom. The van der Waals surface area contributed by atoms with E-state index in [9.17, 15) is 14.0 Å². The van der Waals surface area contributed by atoms with Gasteiger partial charge < -0.3 is 15.0 Å². The van der Waals surface area contributed by atoms with Gasteiger partial charge in [0.1, 0.15) is 11.6 Å². The van der Waals surface area contributed by atoms with Crippen LogP contribution in [0.3, 0.4) is 0 Å². The topological polar surface area (TPSA) is 58.6 Å². The highest BCUT2D eigenvalue weighted by Gasteiger charge is 2.14. The highest BCUT2D eigenvalue weighted by molar-refractivity contribution is 6.31. The summed E-state index contributed by atoms with van der Waals surface area (Å²) in [6.07, 6.45) is 0.0839. The minimum atomic E-state index is -0.554. The van der Waals surface area contributed by atoms with Crippen molar-refractivity contribution < 1.29 is 18.7 Å². The molecule has 0 atom stereocenters. The van der Waals surface area contributed by atoms with Gasteiger partial charge in [0.05, 0.1) is 12.1 Å². The van der Waals surface area contributed by atoms with E-state index in [1.54, 1.807) is 31.4 Å². The number of hydrogen-bond acceptors (Lipinski definition) is 3. The van der Waals surface area contributed by atoms with E-state index in [1.165, 1.54) is 30.0 Å². The Morgan fingerprint density at radius 2 is 1.88 bits per heavy atom. The van der Waals surface area contributed by atoms with Crippen LogP contribution in [0.1, 0.15) is 13.3 Å². The normalized spacial score (nSPS) is 10.2. The summed E-state index contributed by atoms with van der Waals surface area (Å²) in [6, 6.07) is 10.9. The van der Waals surface area contributed by atoms with Crippen molar-refractivity contribution in [3.05, 3.63) is 53.3 Å². The highest BCUT2D eigenvalue weighted by atomic mass is 35.5. The molecule has 0 saturated heterocycles. The summed E-state index contributed by atoms with van der Waals surface area (Å²) in [5.74, 6) is -0.356. The Balaban J connectivity index is 1.98. The number of halogens is 2. The molecule has 0 bridgehead atoms. The Bertz CT molecular complexity index is 765. The van der Waals surface area contributed by atoms with Crippen LogP contribution in [-0.4, -0.2) is 25.5 Å². The van der Waals surface area contributed by atoms with Crippen molar-refractivity contribution in [2.24, 2.45) is 0 Å². The molecule has 0 fully saturated rings. The number of carbonyl (C=O) groups excluding carboxylic acids is 2. The average Bonchev–Trinajstić information content (AvgIpc) is 2.58. The van der Waals surface area contributed by atoms with E-state index in [-0.39, 0.29) is 29.8 Å². The molecule has 0 saturated carbocycles. The van der Waals surface area contributed by atoms with Crippen LogP contribution >= 0.6 is 11.6 Å². The van der Waals surface area contributed by atoms with Crippen LogP contribution in [0.25, 0.3) is 0 Å². The first-order chi connectivity index (χ1) is 11.9. The van der Waals surface area contributed by atoms with Gasteiger partial charge in [0.15, 0.2) is 0 Å². The molecular weight excluding hydrogens is 347 g/mol. The summed E-state index contributed by atoms with van der Waals surface area (Å²) in [4.78, 5) is 25.4. The molecule has 0 aromatic heterocycles. The number of hydrogen-bond donors (Lipinski definition) is 1. The maximum Gasteiger partial charge on any atom is 0.226 e. The van der Waals surface area contributed by atoms with E-state index in [0.717, 1.165) is 0 Å². The number of ether oxygens (including phenoxy) is 1. The molecule has 2 aromatic carbocycles. The second-order valence-corrected chi connectivity index (χ2v) is 5.70. The van der Waals surface area contributed by atoms with E-state index in [0.29, 0.717) is 17.1 Å². The maximum absolute atomic E-state index is 13.1. The number of anilines is 2. The molecule has 0 unspecified atom stereocenters. The number of methoxy groups -OCH3 is 1. The molecule has 0 heterocycles. The molecule has 2 rings (SSSR count). The van der Waals surface area contributed by atoms with Gasteiger partial charge >= 0.3 is 0 Å². The standard InChI is InChI=1S/C18H18ClFN2O3/c1-12(23)22(14-4-6-15(25-2)7-5-14)10-9-18(24)21-13-3-8-17(20)16(19)11-13/h3-8,11H,9-10H2,1-2H3,(H,21,24). The minimum absolute atomic E-state index is 0.0682. The van der Waals surface area contributed by atoms with Crippen molar-refractivity contribution in [3.8, 4) is 5.75 Å². The van der Waals surface area contributed by atoms with Crippen molar-refractivity contribution in [1.82, 2.24) is 0 Å². The summed E-state index contributed by atoms with van der Waals surface area (Å²) >= 11 is 5.68. The van der Waals surface area contributed by atoms with Crippen LogP contribution in [0, 0.1) is 5.82 Å². The smallest absolute Gasteiger partial charge is 0.226 e. The molecule has 1 N–H and O–H groups in total. The zero-order valence-corrected chi connectivity index (χ0v) is 14.6. The van der Waals surface area contributed by atoms with Gasteiger partial charge in [-0.15, -0.1) is 0 Å². The molecule has 0 spiro atoms. The molecule has 2 amide bonds. The first-order valence-corrected chi connectivity index (χ1v) is 7.95. The first kappa shape index (κ1) is 18.7. The van der Waals surface area contributed by atoms with Crippen LogP contribution in [0.2, 0.25) is 5.02 Å². The Morgan fingerprint density at radius 1 is 1.20 bits per heavy atom. The van der Waals surface area contributed by atoms with E-state index >= 15 is 0 Å². The molecule has 7 heteroatoms. The van der Waals surface area contributed by atoms with Gasteiger partial charge in [0.2, 0.25) is 11.8 Å². The number of rotatable bonds is 6. The number of amides is 2. The fraction of sp³-hybridized carbons (Fsp3) is 0.222. The SMILES string of the molecule is COc1ccc(N(CCC(=O)Nc2ccc(F)c(Cl)c2)C(C)=O)cc1. The monoisotopic (exact) mass is 364 g/mol. The van der Waals surface area contributed by atoms with Crippen LogP contribution in [0.5, 0.6) is 5.75 Å². The van der Waals surface area contributed by atoms with Crippen molar-refractivity contribution in [2.75, 3.05) is 23.9 Å². The van der Waals surface area contributed by atoms with Gasteiger partial charge in [0.25, 0.3) is 0 Å². The third-order valence-electron chi connectivity index (χ3n) is 3.53. The lowest BCUT2D eigenvalue weighted by Gasteiger charge is -2.21. The quantitative estimate of drug-likeness (QED) is 0.846. The Hall–Kier alpha value is -2.60. The third-order valence-corrected chi connectivity index (χ3v) is 3.82. The first-order valence-electron chi connectivity index (χ1n) is 7.57. The molecule has 2 aromatic rings. The lowest BCUT2D eigenvalue weighted by molar-refractivity contribution is -0.117. The van der Waals surface area contributed by atoms with Gasteiger partial charge in [-0.2, -0.15) is 0 Å². The van der Waals surface area contributed by atoms with Gasteiger partial charge in [0, 0.05) is 31.3 Å². The summed E-state index contributed by atoms with van der Waals surface area (Å²) in [6.45, 7) is 1.64. The Labute approximate surface area is 150 Å². The molecule has 0 aliphatic rings. The molecule has 132 valence electrons. The van der Waals surface area contributed by atoms with Gasteiger partial charge in [-0.05, 0) is 42.5 Å². The fourth-order valence-corrected chi connectivity index (χ4v) is 2.42. The van der Waals surface area contributed by atoms with E-state index in [1.807, 2.05) is 0 Å². The zero-order valence-electron chi connectivity index (χ0n) is 13.9. The van der Waals surface area contributed by atoms with Gasteiger partial charge in [-0.1, -0.05) is 11.6 Å². The Kier molecular flexibility index (Phi) is 6.36. The molecule has 25 heavy (non-hydrogen) atoms. The number of carbonyl (C=O) groups is 2. The van der Waals surface area contributed by atoms with E-state index < -0.39 is 5.82 Å². The van der Waals surface area contributed by atoms with Gasteiger partial charge in [-0.25, -0.2) is 4.39 Å². The second kappa shape index (κ2) is 8.48. The summed E-state index contributed by atoms with van der Waals surface area (Å²) < 4.78 is 18.2. The second-order valence-electron chi connectivity index (χ2n) is 5.30. The molecule has 0 radical (unpaired) electrons. The molecular formula is C18H18ClFN2O3. The van der Waals surface area contributed by atoms with Crippen molar-refractivity contribution in [1.29, 1.82) is 0 Å². The van der Waals surface area contributed by atoms with Crippen LogP contribution in [-0.2, 0) is 9.59 Å². The van der Waals surface area contributed by atoms with Crippen LogP contribution < -0.4 is 15.0 Å². The van der Waals surface area contributed by atoms with E-state index in [2.05, 4.69) is 5.32 Å². The molecule has 0 aliphatic heterocycles. The summed E-state index contributed by atoms with van der Waals surface area (Å²) in [5, 5.41) is 2.56. The van der Waals surface area contributed by atoms with E-state index in [4.69, 9.17) is 16.3 Å². The third kappa shape index (κ3) is 5.19. The predicted molar refractivity (Wildman–Crippen MR) is 95.7 cm³/mol. The summed E-state index contributed by atoms with van der Waals surface area (Å²) in [7, 11) is 1.56. The zero-order chi connectivity index (χ0) is 18.4. The van der Waals surface area contributed by atoms with Crippen molar-refractivity contribution in [2.45, 2.75) is 13.3 Å². The summed E-state index contributed by atoms with van der Waals surface area (Å²) in [5.41, 5.74) is 1.07. The lowest BCUT2D eigenvalue weighted by Crippen LogP contribution is -2.31. The van der Waals surface area contributed by atoms with Crippen molar-refractivity contribution in [3.63, 3.8) is 0 Å². The van der Waals surface area contributed by atoms with Crippen molar-refractivity contribution >= 4 is 34.8 Å². The number of nitrogens with one attached hydrogen (secondary N) is 1. The molecule has 5 nitrogen and oxygen atoms in total. The molecule has 0 aliphatic carbocycles. The average molecular weight is 365 g/mol. The minimum Gasteiger partial charge on any atom is -0.497 e. The fourth-order valence-electron chi connectivity index (χ4n) is 2.24. The predicted octanol–water partition coefficient (Wildman–Crippen LogP) is 3.87. The van der Waals surface area contributed by atoms with Crippen LogP contribution in [0.4, 0.5) is 15.8 Å². The highest BCUT2D eigenvalue weighted by Crippen LogP contribution is 2.21. The number of nitrogens with zero attached hydrogens (tertiary/aromatic N) is 1. The van der Waals surface area contributed by atoms with Gasteiger partial charge in [-0.3, -0.25) is 9.59 Å². The maximum atomic E-state index is 13.1. The lowest BCUT2D eigenvalue weighted by atomic mass is 10.2. The largest absolute Gasteiger partial charge is 0.497 e. The van der Waals surface area contributed by atoms with Crippen LogP contribution in [0.15, 0.2) is 42.5 Å².